The predicted octanol–water partition coefficient (Wildman–Crippen LogP) is 2.80. The molecule has 7 heteroatoms. The zero-order valence-electron chi connectivity index (χ0n) is 17.4. The molecule has 3 aliphatic rings. The summed E-state index contributed by atoms with van der Waals surface area (Å²) in [5, 5.41) is 18.0. The van der Waals surface area contributed by atoms with Crippen LogP contribution in [0.1, 0.15) is 12.8 Å². The van der Waals surface area contributed by atoms with Crippen LogP contribution >= 0.6 is 0 Å². The molecule has 4 heterocycles. The Kier molecular flexibility index (Phi) is 4.46. The van der Waals surface area contributed by atoms with Crippen LogP contribution in [0.25, 0.3) is 22.2 Å². The normalized spacial score (nSPS) is 26.8. The first-order valence-corrected chi connectivity index (χ1v) is 11.1. The van der Waals surface area contributed by atoms with E-state index in [-0.39, 0.29) is 0 Å². The number of likely N-dealkylation sites (tertiary alicyclic amines) is 1. The van der Waals surface area contributed by atoms with Crippen molar-refractivity contribution in [2.75, 3.05) is 38.2 Å². The molecule has 0 bridgehead atoms. The molecule has 1 aromatic carbocycles. The molecule has 2 aliphatic heterocycles. The number of aromatic nitrogens is 4. The molecule has 2 saturated heterocycles. The highest BCUT2D eigenvalue weighted by molar-refractivity contribution is 5.83. The Morgan fingerprint density at radius 1 is 1.07 bits per heavy atom. The summed E-state index contributed by atoms with van der Waals surface area (Å²) >= 11 is 0. The molecule has 2 atom stereocenters. The summed E-state index contributed by atoms with van der Waals surface area (Å²) in [6.45, 7) is 5.58. The third-order valence-corrected chi connectivity index (χ3v) is 7.15. The van der Waals surface area contributed by atoms with E-state index >= 15 is 0 Å². The second-order valence-corrected chi connectivity index (χ2v) is 9.12. The molecule has 0 radical (unpaired) electrons. The Labute approximate surface area is 176 Å². The molecule has 3 fully saturated rings. The smallest absolute Gasteiger partial charge is 0.148 e. The zero-order valence-corrected chi connectivity index (χ0v) is 17.4. The molecule has 1 N–H and O–H groups in total. The summed E-state index contributed by atoms with van der Waals surface area (Å²) < 4.78 is 7.37. The highest BCUT2D eigenvalue weighted by Crippen LogP contribution is 2.47. The second kappa shape index (κ2) is 7.32. The maximum atomic E-state index is 5.49. The monoisotopic (exact) mass is 404 g/mol. The van der Waals surface area contributed by atoms with Gasteiger partial charge in [-0.1, -0.05) is 6.07 Å². The van der Waals surface area contributed by atoms with E-state index < -0.39 is 0 Å². The van der Waals surface area contributed by atoms with Crippen LogP contribution in [0.3, 0.4) is 0 Å². The minimum atomic E-state index is 0.558. The van der Waals surface area contributed by atoms with Crippen LogP contribution in [0.5, 0.6) is 0 Å². The molecule has 0 amide bonds. The van der Waals surface area contributed by atoms with Gasteiger partial charge >= 0.3 is 0 Å². The van der Waals surface area contributed by atoms with Gasteiger partial charge in [-0.05, 0) is 54.9 Å². The van der Waals surface area contributed by atoms with Gasteiger partial charge in [-0.15, -0.1) is 10.2 Å². The van der Waals surface area contributed by atoms with Crippen LogP contribution in [0.15, 0.2) is 36.5 Å². The number of nitrogens with one attached hydrogen (secondary N) is 1. The summed E-state index contributed by atoms with van der Waals surface area (Å²) in [5.41, 5.74) is 3.09. The van der Waals surface area contributed by atoms with Crippen molar-refractivity contribution in [3.63, 3.8) is 0 Å². The number of rotatable bonds is 5. The predicted molar refractivity (Wildman–Crippen MR) is 116 cm³/mol. The highest BCUT2D eigenvalue weighted by atomic mass is 16.5. The fourth-order valence-corrected chi connectivity index (χ4v) is 5.33. The lowest BCUT2D eigenvalue weighted by atomic mass is 10.00. The second-order valence-electron chi connectivity index (χ2n) is 9.12. The van der Waals surface area contributed by atoms with Gasteiger partial charge in [0.15, 0.2) is 0 Å². The molecule has 1 saturated carbocycles. The van der Waals surface area contributed by atoms with E-state index in [1.165, 1.54) is 32.5 Å². The number of hydrogen-bond acceptors (Lipinski definition) is 6. The van der Waals surface area contributed by atoms with Gasteiger partial charge in [-0.3, -0.25) is 4.68 Å². The van der Waals surface area contributed by atoms with Gasteiger partial charge in [0.2, 0.25) is 0 Å². The van der Waals surface area contributed by atoms with E-state index in [1.54, 1.807) is 0 Å². The number of hydrogen-bond donors (Lipinski definition) is 1. The van der Waals surface area contributed by atoms with E-state index in [2.05, 4.69) is 55.8 Å². The minimum Gasteiger partial charge on any atom is -0.381 e. The average molecular weight is 405 g/mol. The van der Waals surface area contributed by atoms with Crippen molar-refractivity contribution in [1.82, 2.24) is 24.9 Å². The number of piperidine rings is 1. The Hall–Kier alpha value is -2.51. The lowest BCUT2D eigenvalue weighted by Crippen LogP contribution is -2.34. The fourth-order valence-electron chi connectivity index (χ4n) is 5.33. The Morgan fingerprint density at radius 3 is 2.67 bits per heavy atom. The van der Waals surface area contributed by atoms with E-state index in [0.29, 0.717) is 6.04 Å². The largest absolute Gasteiger partial charge is 0.381 e. The zero-order chi connectivity index (χ0) is 20.1. The third-order valence-electron chi connectivity index (χ3n) is 7.15. The molecular weight excluding hydrogens is 376 g/mol. The number of anilines is 1. The molecule has 7 nitrogen and oxygen atoms in total. The molecule has 6 rings (SSSR count). The van der Waals surface area contributed by atoms with Crippen LogP contribution in [0.4, 0.5) is 5.82 Å². The summed E-state index contributed by atoms with van der Waals surface area (Å²) in [5.74, 6) is 3.24. The van der Waals surface area contributed by atoms with Crippen molar-refractivity contribution in [3.05, 3.63) is 36.5 Å². The number of ether oxygens (including phenoxy) is 1. The molecule has 2 unspecified atom stereocenters. The minimum absolute atomic E-state index is 0.558. The van der Waals surface area contributed by atoms with Crippen molar-refractivity contribution < 1.29 is 4.74 Å². The van der Waals surface area contributed by atoms with E-state index in [1.807, 2.05) is 17.9 Å². The quantitative estimate of drug-likeness (QED) is 0.705. The first kappa shape index (κ1) is 18.3. The summed E-state index contributed by atoms with van der Waals surface area (Å²) in [7, 11) is 1.96. The maximum Gasteiger partial charge on any atom is 0.148 e. The summed E-state index contributed by atoms with van der Waals surface area (Å²) in [6.07, 6.45) is 4.34. The van der Waals surface area contributed by atoms with Gasteiger partial charge in [0, 0.05) is 56.9 Å². The first-order chi connectivity index (χ1) is 14.7. The third kappa shape index (κ3) is 3.36. The van der Waals surface area contributed by atoms with Gasteiger partial charge < -0.3 is 15.0 Å². The van der Waals surface area contributed by atoms with Crippen LogP contribution in [0.2, 0.25) is 0 Å². The first-order valence-electron chi connectivity index (χ1n) is 11.1. The molecular formula is C23H28N6O. The van der Waals surface area contributed by atoms with Crippen molar-refractivity contribution in [1.29, 1.82) is 0 Å². The van der Waals surface area contributed by atoms with Crippen molar-refractivity contribution in [2.45, 2.75) is 18.9 Å². The molecule has 3 aromatic rings. The molecule has 2 aromatic heterocycles. The van der Waals surface area contributed by atoms with Crippen LogP contribution < -0.4 is 5.32 Å². The highest BCUT2D eigenvalue weighted by Gasteiger charge is 2.55. The van der Waals surface area contributed by atoms with Crippen molar-refractivity contribution in [3.8, 4) is 11.3 Å². The van der Waals surface area contributed by atoms with Crippen LogP contribution in [-0.2, 0) is 11.8 Å². The Morgan fingerprint density at radius 2 is 1.90 bits per heavy atom. The van der Waals surface area contributed by atoms with Gasteiger partial charge in [-0.25, -0.2) is 0 Å². The van der Waals surface area contributed by atoms with E-state index in [9.17, 15) is 0 Å². The number of aryl methyl sites for hydroxylation is 1. The topological polar surface area (TPSA) is 68.1 Å². The molecule has 156 valence electrons. The van der Waals surface area contributed by atoms with Gasteiger partial charge in [0.05, 0.1) is 17.4 Å². The van der Waals surface area contributed by atoms with Crippen molar-refractivity contribution in [2.24, 2.45) is 24.8 Å². The number of fused-ring (bicyclic) bond motifs is 2. The molecule has 0 spiro atoms. The number of nitrogens with zero attached hydrogens (tertiary/aromatic N) is 5. The standard InChI is InChI=1S/C23H28N6O/c1-28-21-4-2-16(10-17(21)11-24-28)20-3-5-22(27-26-20)25-23-18-13-29(14-19(18)23)12-15-6-8-30-9-7-15/h2-5,10-11,15,18-19,23H,6-9,12-14H2,1H3,(H,25,27). The summed E-state index contributed by atoms with van der Waals surface area (Å²) in [6, 6.07) is 11.0. The Balaban J connectivity index is 1.05. The number of benzene rings is 1. The van der Waals surface area contributed by atoms with Gasteiger partial charge in [-0.2, -0.15) is 5.10 Å². The van der Waals surface area contributed by atoms with E-state index in [4.69, 9.17) is 4.74 Å². The van der Waals surface area contributed by atoms with Gasteiger partial charge in [0.25, 0.3) is 0 Å². The Bertz CT molecular complexity index is 1030. The molecule has 30 heavy (non-hydrogen) atoms. The molecule has 1 aliphatic carbocycles. The lowest BCUT2D eigenvalue weighted by molar-refractivity contribution is 0.0540. The van der Waals surface area contributed by atoms with Gasteiger partial charge in [0.1, 0.15) is 5.82 Å². The maximum absolute atomic E-state index is 5.49. The van der Waals surface area contributed by atoms with Crippen LogP contribution in [-0.4, -0.2) is 63.8 Å². The van der Waals surface area contributed by atoms with E-state index in [0.717, 1.165) is 58.9 Å². The van der Waals surface area contributed by atoms with Crippen molar-refractivity contribution >= 4 is 16.7 Å². The SMILES string of the molecule is Cn1ncc2cc(-c3ccc(NC4C5CN(CC6CCOCC6)CC54)nn3)ccc21. The average Bonchev–Trinajstić information content (AvgIpc) is 3.09. The van der Waals surface area contributed by atoms with Crippen LogP contribution in [0, 0.1) is 17.8 Å². The fraction of sp³-hybridized carbons (Fsp3) is 0.522. The lowest BCUT2D eigenvalue weighted by Gasteiger charge is -2.28. The summed E-state index contributed by atoms with van der Waals surface area (Å²) in [4.78, 5) is 2.66.